The van der Waals surface area contributed by atoms with E-state index in [1.54, 1.807) is 31.4 Å². The average Bonchev–Trinajstić information content (AvgIpc) is 3.39. The molecule has 7 heteroatoms. The molecule has 2 fully saturated rings. The Morgan fingerprint density at radius 1 is 1.03 bits per heavy atom. The first kappa shape index (κ1) is 24.6. The van der Waals surface area contributed by atoms with Gasteiger partial charge in [0.25, 0.3) is 5.91 Å². The summed E-state index contributed by atoms with van der Waals surface area (Å²) in [5.74, 6) is 1.37. The first-order valence-electron chi connectivity index (χ1n) is 12.3. The Labute approximate surface area is 207 Å². The van der Waals surface area contributed by atoms with Gasteiger partial charge in [-0.3, -0.25) is 14.5 Å². The summed E-state index contributed by atoms with van der Waals surface area (Å²) in [5, 5.41) is 3.82. The highest BCUT2D eigenvalue weighted by Crippen LogP contribution is 2.31. The number of rotatable bonds is 8. The van der Waals surface area contributed by atoms with Gasteiger partial charge in [0.15, 0.2) is 0 Å². The normalized spacial score (nSPS) is 18.0. The Bertz CT molecular complexity index is 967. The molecular formula is C27H34ClN3O3. The number of carbonyl (C=O) groups is 2. The standard InChI is InChI=1S/C27H34ClN3O3/c1-34-24-9-5-4-6-20(24)14-15-29-26(32)25(21-7-2-3-8-21)30-16-18-31(19-17-30)27(33)22-10-12-23(28)13-11-22/h4-6,9-13,21,25H,2-3,7-8,14-19H2,1H3,(H,29,32)/t25-/m1/s1. The fraction of sp³-hybridized carbons (Fsp3) is 0.481. The van der Waals surface area contributed by atoms with E-state index in [9.17, 15) is 9.59 Å². The Morgan fingerprint density at radius 3 is 2.38 bits per heavy atom. The Morgan fingerprint density at radius 2 is 1.71 bits per heavy atom. The third-order valence-electron chi connectivity index (χ3n) is 7.09. The summed E-state index contributed by atoms with van der Waals surface area (Å²) in [6, 6.07) is 14.8. The summed E-state index contributed by atoms with van der Waals surface area (Å²) in [4.78, 5) is 30.4. The molecule has 1 heterocycles. The topological polar surface area (TPSA) is 61.9 Å². The molecule has 1 atom stereocenters. The molecule has 0 spiro atoms. The number of nitrogens with one attached hydrogen (secondary N) is 1. The molecule has 0 radical (unpaired) electrons. The van der Waals surface area contributed by atoms with Crippen molar-refractivity contribution in [3.8, 4) is 5.75 Å². The predicted octanol–water partition coefficient (Wildman–Crippen LogP) is 4.02. The molecule has 2 aliphatic rings. The lowest BCUT2D eigenvalue weighted by Crippen LogP contribution is -2.58. The van der Waals surface area contributed by atoms with E-state index in [1.807, 2.05) is 29.2 Å². The van der Waals surface area contributed by atoms with E-state index in [0.717, 1.165) is 30.6 Å². The molecule has 34 heavy (non-hydrogen) atoms. The maximum atomic E-state index is 13.4. The molecule has 1 saturated heterocycles. The minimum absolute atomic E-state index is 0.0231. The molecule has 0 aromatic heterocycles. The van der Waals surface area contributed by atoms with Crippen LogP contribution in [0.2, 0.25) is 5.02 Å². The minimum Gasteiger partial charge on any atom is -0.496 e. The number of benzene rings is 2. The van der Waals surface area contributed by atoms with Crippen LogP contribution in [0.5, 0.6) is 5.75 Å². The molecule has 1 N–H and O–H groups in total. The zero-order chi connectivity index (χ0) is 23.9. The lowest BCUT2D eigenvalue weighted by molar-refractivity contribution is -0.129. The summed E-state index contributed by atoms with van der Waals surface area (Å²) in [5.41, 5.74) is 1.75. The zero-order valence-electron chi connectivity index (χ0n) is 19.8. The lowest BCUT2D eigenvalue weighted by atomic mass is 9.94. The molecule has 182 valence electrons. The highest BCUT2D eigenvalue weighted by molar-refractivity contribution is 6.30. The summed E-state index contributed by atoms with van der Waals surface area (Å²) in [6.45, 7) is 3.25. The largest absolute Gasteiger partial charge is 0.496 e. The minimum atomic E-state index is -0.132. The van der Waals surface area contributed by atoms with Crippen LogP contribution < -0.4 is 10.1 Å². The molecule has 2 amide bonds. The highest BCUT2D eigenvalue weighted by atomic mass is 35.5. The van der Waals surface area contributed by atoms with Crippen LogP contribution in [0.25, 0.3) is 0 Å². The van der Waals surface area contributed by atoms with Gasteiger partial charge in [-0.1, -0.05) is 42.6 Å². The van der Waals surface area contributed by atoms with Crippen LogP contribution in [0.15, 0.2) is 48.5 Å². The zero-order valence-corrected chi connectivity index (χ0v) is 20.6. The Kier molecular flexibility index (Phi) is 8.46. The quantitative estimate of drug-likeness (QED) is 0.616. The number of para-hydroxylation sites is 1. The molecule has 2 aromatic rings. The van der Waals surface area contributed by atoms with Crippen molar-refractivity contribution in [2.45, 2.75) is 38.1 Å². The van der Waals surface area contributed by atoms with Gasteiger partial charge in [-0.2, -0.15) is 0 Å². The number of hydrogen-bond donors (Lipinski definition) is 1. The summed E-state index contributed by atoms with van der Waals surface area (Å²) < 4.78 is 5.43. The molecule has 1 aliphatic heterocycles. The predicted molar refractivity (Wildman–Crippen MR) is 134 cm³/mol. The summed E-state index contributed by atoms with van der Waals surface area (Å²) in [6.07, 6.45) is 5.29. The van der Waals surface area contributed by atoms with Gasteiger partial charge in [0.05, 0.1) is 13.2 Å². The lowest BCUT2D eigenvalue weighted by Gasteiger charge is -2.40. The van der Waals surface area contributed by atoms with Gasteiger partial charge in [-0.15, -0.1) is 0 Å². The average molecular weight is 484 g/mol. The number of nitrogens with zero attached hydrogens (tertiary/aromatic N) is 2. The molecule has 1 saturated carbocycles. The second kappa shape index (κ2) is 11.7. The van der Waals surface area contributed by atoms with Crippen molar-refractivity contribution in [2.75, 3.05) is 39.8 Å². The maximum absolute atomic E-state index is 13.4. The number of amides is 2. The van der Waals surface area contributed by atoms with Crippen LogP contribution in [0.4, 0.5) is 0 Å². The fourth-order valence-electron chi connectivity index (χ4n) is 5.26. The second-order valence-electron chi connectivity index (χ2n) is 9.18. The Balaban J connectivity index is 1.35. The van der Waals surface area contributed by atoms with Crippen LogP contribution in [0.3, 0.4) is 0 Å². The van der Waals surface area contributed by atoms with Crippen molar-refractivity contribution in [2.24, 2.45) is 5.92 Å². The van der Waals surface area contributed by atoms with Crippen molar-refractivity contribution >= 4 is 23.4 Å². The van der Waals surface area contributed by atoms with Gasteiger partial charge < -0.3 is 15.0 Å². The van der Waals surface area contributed by atoms with Crippen LogP contribution in [-0.2, 0) is 11.2 Å². The monoisotopic (exact) mass is 483 g/mol. The number of methoxy groups -OCH3 is 1. The number of halogens is 1. The maximum Gasteiger partial charge on any atom is 0.253 e. The van der Waals surface area contributed by atoms with Crippen LogP contribution in [0.1, 0.15) is 41.6 Å². The van der Waals surface area contributed by atoms with Crippen LogP contribution >= 0.6 is 11.6 Å². The number of piperazine rings is 1. The van der Waals surface area contributed by atoms with Crippen molar-refractivity contribution in [3.05, 3.63) is 64.7 Å². The fourth-order valence-corrected chi connectivity index (χ4v) is 5.39. The molecule has 0 bridgehead atoms. The van der Waals surface area contributed by atoms with Crippen LogP contribution in [-0.4, -0.2) is 67.5 Å². The van der Waals surface area contributed by atoms with Crippen molar-refractivity contribution < 1.29 is 14.3 Å². The summed E-state index contributed by atoms with van der Waals surface area (Å²) in [7, 11) is 1.67. The number of ether oxygens (including phenoxy) is 1. The van der Waals surface area contributed by atoms with E-state index in [1.165, 1.54) is 12.8 Å². The molecule has 4 rings (SSSR count). The third kappa shape index (κ3) is 5.91. The third-order valence-corrected chi connectivity index (χ3v) is 7.34. The molecule has 2 aromatic carbocycles. The first-order chi connectivity index (χ1) is 16.6. The van der Waals surface area contributed by atoms with Gasteiger partial charge in [0.2, 0.25) is 5.91 Å². The molecule has 1 aliphatic carbocycles. The smallest absolute Gasteiger partial charge is 0.253 e. The van der Waals surface area contributed by atoms with Gasteiger partial charge in [0.1, 0.15) is 5.75 Å². The molecule has 0 unspecified atom stereocenters. The van der Waals surface area contributed by atoms with E-state index in [-0.39, 0.29) is 17.9 Å². The van der Waals surface area contributed by atoms with Crippen molar-refractivity contribution in [3.63, 3.8) is 0 Å². The van der Waals surface area contributed by atoms with E-state index >= 15 is 0 Å². The molecule has 6 nitrogen and oxygen atoms in total. The summed E-state index contributed by atoms with van der Waals surface area (Å²) >= 11 is 5.96. The van der Waals surface area contributed by atoms with Crippen molar-refractivity contribution in [1.29, 1.82) is 0 Å². The van der Waals surface area contributed by atoms with E-state index in [0.29, 0.717) is 49.2 Å². The van der Waals surface area contributed by atoms with Gasteiger partial charge in [-0.25, -0.2) is 0 Å². The van der Waals surface area contributed by atoms with E-state index in [2.05, 4.69) is 10.2 Å². The van der Waals surface area contributed by atoms with Crippen molar-refractivity contribution in [1.82, 2.24) is 15.1 Å². The van der Waals surface area contributed by atoms with Gasteiger partial charge in [-0.05, 0) is 61.1 Å². The van der Waals surface area contributed by atoms with E-state index in [4.69, 9.17) is 16.3 Å². The number of hydrogen-bond acceptors (Lipinski definition) is 4. The number of carbonyl (C=O) groups excluding carboxylic acids is 2. The highest BCUT2D eigenvalue weighted by Gasteiger charge is 2.37. The molecular weight excluding hydrogens is 450 g/mol. The Hall–Kier alpha value is -2.57. The first-order valence-corrected chi connectivity index (χ1v) is 12.6. The van der Waals surface area contributed by atoms with Crippen LogP contribution in [0, 0.1) is 5.92 Å². The van der Waals surface area contributed by atoms with Gasteiger partial charge >= 0.3 is 0 Å². The van der Waals surface area contributed by atoms with E-state index < -0.39 is 0 Å². The second-order valence-corrected chi connectivity index (χ2v) is 9.61. The van der Waals surface area contributed by atoms with Gasteiger partial charge in [0, 0.05) is 43.3 Å². The SMILES string of the molecule is COc1ccccc1CCNC(=O)[C@@H](C1CCCC1)N1CCN(C(=O)c2ccc(Cl)cc2)CC1.